The standard InChI is InChI=1S/C20H27N3O2/c1-15-10-17(2-3-20(15)25-19-6-9-24-14-19)18-11-22-23(13-18)12-16-4-7-21-8-5-16/h2-3,10-11,13,16,19,21H,4-9,12,14H2,1H3. The molecule has 0 aliphatic carbocycles. The Kier molecular flexibility index (Phi) is 5.04. The van der Waals surface area contributed by atoms with Gasteiger partial charge in [0.15, 0.2) is 0 Å². The largest absolute Gasteiger partial charge is 0.488 e. The van der Waals surface area contributed by atoms with Crippen LogP contribution in [-0.4, -0.2) is 42.2 Å². The minimum Gasteiger partial charge on any atom is -0.488 e. The van der Waals surface area contributed by atoms with Crippen molar-refractivity contribution in [3.8, 4) is 16.9 Å². The van der Waals surface area contributed by atoms with Gasteiger partial charge in [0.25, 0.3) is 0 Å². The van der Waals surface area contributed by atoms with E-state index in [0.717, 1.165) is 49.9 Å². The molecule has 4 rings (SSSR count). The van der Waals surface area contributed by atoms with Gasteiger partial charge in [-0.05, 0) is 62.0 Å². The summed E-state index contributed by atoms with van der Waals surface area (Å²) in [5.74, 6) is 1.70. The van der Waals surface area contributed by atoms with Crippen molar-refractivity contribution in [2.75, 3.05) is 26.3 Å². The molecule has 5 nitrogen and oxygen atoms in total. The van der Waals surface area contributed by atoms with E-state index in [0.29, 0.717) is 6.61 Å². The third-order valence-corrected chi connectivity index (χ3v) is 5.23. The summed E-state index contributed by atoms with van der Waals surface area (Å²) >= 11 is 0. The van der Waals surface area contributed by atoms with Crippen molar-refractivity contribution in [2.24, 2.45) is 5.92 Å². The number of ether oxygens (including phenoxy) is 2. The van der Waals surface area contributed by atoms with E-state index in [1.165, 1.54) is 24.0 Å². The first-order valence-corrected chi connectivity index (χ1v) is 9.36. The van der Waals surface area contributed by atoms with Crippen LogP contribution in [0.4, 0.5) is 0 Å². The Labute approximate surface area is 149 Å². The number of nitrogens with zero attached hydrogens (tertiary/aromatic N) is 2. The molecule has 0 saturated carbocycles. The lowest BCUT2D eigenvalue weighted by Crippen LogP contribution is -2.29. The summed E-state index contributed by atoms with van der Waals surface area (Å²) in [7, 11) is 0. The second-order valence-electron chi connectivity index (χ2n) is 7.23. The molecule has 0 amide bonds. The molecule has 2 fully saturated rings. The molecule has 2 aliphatic rings. The third-order valence-electron chi connectivity index (χ3n) is 5.23. The molecule has 25 heavy (non-hydrogen) atoms. The monoisotopic (exact) mass is 341 g/mol. The van der Waals surface area contributed by atoms with E-state index in [4.69, 9.17) is 9.47 Å². The summed E-state index contributed by atoms with van der Waals surface area (Å²) < 4.78 is 13.5. The third kappa shape index (κ3) is 4.05. The highest BCUT2D eigenvalue weighted by molar-refractivity contribution is 5.64. The molecule has 5 heteroatoms. The van der Waals surface area contributed by atoms with Gasteiger partial charge in [0.2, 0.25) is 0 Å². The first-order valence-electron chi connectivity index (χ1n) is 9.36. The van der Waals surface area contributed by atoms with Crippen LogP contribution < -0.4 is 10.1 Å². The first kappa shape index (κ1) is 16.6. The molecule has 1 N–H and O–H groups in total. The zero-order valence-corrected chi connectivity index (χ0v) is 14.9. The van der Waals surface area contributed by atoms with Gasteiger partial charge in [-0.15, -0.1) is 0 Å². The van der Waals surface area contributed by atoms with Crippen molar-refractivity contribution in [1.82, 2.24) is 15.1 Å². The van der Waals surface area contributed by atoms with Crippen LogP contribution in [0.2, 0.25) is 0 Å². The topological polar surface area (TPSA) is 48.3 Å². The van der Waals surface area contributed by atoms with Gasteiger partial charge >= 0.3 is 0 Å². The Hall–Kier alpha value is -1.85. The predicted octanol–water partition coefficient (Wildman–Crippen LogP) is 3.03. The summed E-state index contributed by atoms with van der Waals surface area (Å²) in [6.07, 6.45) is 7.79. The highest BCUT2D eigenvalue weighted by Gasteiger charge is 2.18. The number of rotatable bonds is 5. The molecule has 0 bridgehead atoms. The van der Waals surface area contributed by atoms with E-state index < -0.39 is 0 Å². The fourth-order valence-corrected chi connectivity index (χ4v) is 3.69. The summed E-state index contributed by atoms with van der Waals surface area (Å²) in [6.45, 7) is 6.89. The Balaban J connectivity index is 1.43. The zero-order chi connectivity index (χ0) is 17.1. The van der Waals surface area contributed by atoms with Crippen LogP contribution in [0.15, 0.2) is 30.6 Å². The van der Waals surface area contributed by atoms with Crippen molar-refractivity contribution < 1.29 is 9.47 Å². The molecule has 2 saturated heterocycles. The van der Waals surface area contributed by atoms with Crippen molar-refractivity contribution >= 4 is 0 Å². The van der Waals surface area contributed by atoms with E-state index >= 15 is 0 Å². The average Bonchev–Trinajstić information content (AvgIpc) is 3.30. The van der Waals surface area contributed by atoms with Gasteiger partial charge in [-0.25, -0.2) is 0 Å². The van der Waals surface area contributed by atoms with Gasteiger partial charge in [0.05, 0.1) is 19.4 Å². The van der Waals surface area contributed by atoms with Crippen molar-refractivity contribution in [1.29, 1.82) is 0 Å². The molecule has 1 atom stereocenters. The smallest absolute Gasteiger partial charge is 0.124 e. The maximum Gasteiger partial charge on any atom is 0.124 e. The predicted molar refractivity (Wildman–Crippen MR) is 97.8 cm³/mol. The van der Waals surface area contributed by atoms with Gasteiger partial charge in [-0.3, -0.25) is 4.68 Å². The number of hydrogen-bond acceptors (Lipinski definition) is 4. The number of nitrogens with one attached hydrogen (secondary N) is 1. The lowest BCUT2D eigenvalue weighted by atomic mass is 9.98. The molecule has 1 aromatic heterocycles. The van der Waals surface area contributed by atoms with Crippen LogP contribution in [0, 0.1) is 12.8 Å². The molecule has 2 aromatic rings. The van der Waals surface area contributed by atoms with Crippen molar-refractivity contribution in [2.45, 2.75) is 38.8 Å². The number of piperidine rings is 1. The van der Waals surface area contributed by atoms with Crippen LogP contribution in [0.5, 0.6) is 5.75 Å². The number of hydrogen-bond donors (Lipinski definition) is 1. The second kappa shape index (κ2) is 7.58. The Bertz CT molecular complexity index is 701. The molecule has 3 heterocycles. The molecule has 0 spiro atoms. The van der Waals surface area contributed by atoms with E-state index in [9.17, 15) is 0 Å². The van der Waals surface area contributed by atoms with E-state index in [2.05, 4.69) is 46.4 Å². The van der Waals surface area contributed by atoms with Crippen LogP contribution in [0.25, 0.3) is 11.1 Å². The summed E-state index contributed by atoms with van der Waals surface area (Å²) in [4.78, 5) is 0. The molecular formula is C20H27N3O2. The molecule has 1 unspecified atom stereocenters. The van der Waals surface area contributed by atoms with E-state index in [1.807, 2.05) is 6.20 Å². The Morgan fingerprint density at radius 1 is 1.24 bits per heavy atom. The highest BCUT2D eigenvalue weighted by Crippen LogP contribution is 2.28. The summed E-state index contributed by atoms with van der Waals surface area (Å²) in [5.41, 5.74) is 3.53. The van der Waals surface area contributed by atoms with Crippen LogP contribution in [-0.2, 0) is 11.3 Å². The van der Waals surface area contributed by atoms with E-state index in [-0.39, 0.29) is 6.10 Å². The van der Waals surface area contributed by atoms with Gasteiger partial charge in [-0.1, -0.05) is 6.07 Å². The lowest BCUT2D eigenvalue weighted by molar-refractivity contribution is 0.141. The van der Waals surface area contributed by atoms with Gasteiger partial charge in [-0.2, -0.15) is 5.10 Å². The van der Waals surface area contributed by atoms with Gasteiger partial charge < -0.3 is 14.8 Å². The molecular weight excluding hydrogens is 314 g/mol. The average molecular weight is 341 g/mol. The van der Waals surface area contributed by atoms with Crippen LogP contribution in [0.1, 0.15) is 24.8 Å². The quantitative estimate of drug-likeness (QED) is 0.908. The molecule has 1 aromatic carbocycles. The number of benzene rings is 1. The van der Waals surface area contributed by atoms with Gasteiger partial charge in [0.1, 0.15) is 11.9 Å². The summed E-state index contributed by atoms with van der Waals surface area (Å²) in [6, 6.07) is 6.40. The fraction of sp³-hybridized carbons (Fsp3) is 0.550. The van der Waals surface area contributed by atoms with Crippen molar-refractivity contribution in [3.63, 3.8) is 0 Å². The minimum absolute atomic E-state index is 0.192. The zero-order valence-electron chi connectivity index (χ0n) is 14.9. The van der Waals surface area contributed by atoms with Crippen molar-refractivity contribution in [3.05, 3.63) is 36.2 Å². The maximum atomic E-state index is 6.05. The number of aryl methyl sites for hydroxylation is 1. The number of aromatic nitrogens is 2. The normalized spacial score (nSPS) is 21.6. The molecule has 134 valence electrons. The Morgan fingerprint density at radius 2 is 2.12 bits per heavy atom. The molecule has 0 radical (unpaired) electrons. The SMILES string of the molecule is Cc1cc(-c2cnn(CC3CCNCC3)c2)ccc1OC1CCOC1. The van der Waals surface area contributed by atoms with Crippen LogP contribution >= 0.6 is 0 Å². The highest BCUT2D eigenvalue weighted by atomic mass is 16.5. The lowest BCUT2D eigenvalue weighted by Gasteiger charge is -2.22. The van der Waals surface area contributed by atoms with Crippen LogP contribution in [0.3, 0.4) is 0 Å². The summed E-state index contributed by atoms with van der Waals surface area (Å²) in [5, 5.41) is 7.99. The second-order valence-corrected chi connectivity index (χ2v) is 7.23. The minimum atomic E-state index is 0.192. The Morgan fingerprint density at radius 3 is 2.88 bits per heavy atom. The maximum absolute atomic E-state index is 6.05. The fourth-order valence-electron chi connectivity index (χ4n) is 3.69. The first-order chi connectivity index (χ1) is 12.3. The van der Waals surface area contributed by atoms with Gasteiger partial charge in [0, 0.05) is 24.7 Å². The van der Waals surface area contributed by atoms with E-state index in [1.54, 1.807) is 0 Å². The molecule has 2 aliphatic heterocycles.